The third kappa shape index (κ3) is 2.34. The smallest absolute Gasteiger partial charge is 0.135 e. The van der Waals surface area contributed by atoms with Gasteiger partial charge in [-0.2, -0.15) is 0 Å². The average Bonchev–Trinajstić information content (AvgIpc) is 2.77. The van der Waals surface area contributed by atoms with Gasteiger partial charge in [0.2, 0.25) is 0 Å². The van der Waals surface area contributed by atoms with Crippen LogP contribution < -0.4 is 5.73 Å². The van der Waals surface area contributed by atoms with Crippen LogP contribution in [0.4, 0.5) is 8.78 Å². The predicted molar refractivity (Wildman–Crippen MR) is 61.4 cm³/mol. The SMILES string of the molecule is CC(CN)c1ncc(-c2ccc(F)cc2F)[nH]1. The summed E-state index contributed by atoms with van der Waals surface area (Å²) in [5.41, 5.74) is 6.34. The molecule has 0 aliphatic carbocycles. The zero-order valence-electron chi connectivity index (χ0n) is 9.37. The number of aromatic amines is 1. The highest BCUT2D eigenvalue weighted by Crippen LogP contribution is 2.23. The molecule has 0 saturated carbocycles. The Hall–Kier alpha value is -1.75. The van der Waals surface area contributed by atoms with Crippen LogP contribution in [-0.4, -0.2) is 16.5 Å². The Bertz CT molecular complexity index is 522. The zero-order chi connectivity index (χ0) is 12.4. The number of nitrogens with zero attached hydrogens (tertiary/aromatic N) is 1. The number of imidazole rings is 1. The van der Waals surface area contributed by atoms with E-state index in [-0.39, 0.29) is 5.92 Å². The van der Waals surface area contributed by atoms with E-state index in [2.05, 4.69) is 9.97 Å². The molecule has 0 radical (unpaired) electrons. The lowest BCUT2D eigenvalue weighted by Crippen LogP contribution is -2.10. The summed E-state index contributed by atoms with van der Waals surface area (Å²) in [6, 6.07) is 3.45. The molecule has 0 aliphatic heterocycles. The summed E-state index contributed by atoms with van der Waals surface area (Å²) in [7, 11) is 0. The number of nitrogens with two attached hydrogens (primary N) is 1. The Morgan fingerprint density at radius 2 is 2.18 bits per heavy atom. The topological polar surface area (TPSA) is 54.7 Å². The molecule has 1 aromatic carbocycles. The molecule has 0 amide bonds. The molecule has 0 bridgehead atoms. The van der Waals surface area contributed by atoms with Gasteiger partial charge in [0.1, 0.15) is 17.5 Å². The minimum atomic E-state index is -0.611. The van der Waals surface area contributed by atoms with E-state index >= 15 is 0 Å². The van der Waals surface area contributed by atoms with Gasteiger partial charge in [-0.1, -0.05) is 6.92 Å². The normalized spacial score (nSPS) is 12.7. The number of nitrogens with one attached hydrogen (secondary N) is 1. The summed E-state index contributed by atoms with van der Waals surface area (Å²) in [6.45, 7) is 2.38. The summed E-state index contributed by atoms with van der Waals surface area (Å²) in [5.74, 6) is -0.430. The fraction of sp³-hybridized carbons (Fsp3) is 0.250. The zero-order valence-corrected chi connectivity index (χ0v) is 9.37. The van der Waals surface area contributed by atoms with Crippen molar-refractivity contribution in [3.05, 3.63) is 41.9 Å². The van der Waals surface area contributed by atoms with Gasteiger partial charge in [0.25, 0.3) is 0 Å². The molecule has 0 aliphatic rings. The van der Waals surface area contributed by atoms with Crippen LogP contribution in [0.3, 0.4) is 0 Å². The van der Waals surface area contributed by atoms with Crippen molar-refractivity contribution in [2.75, 3.05) is 6.54 Å². The fourth-order valence-electron chi connectivity index (χ4n) is 1.54. The van der Waals surface area contributed by atoms with Gasteiger partial charge in [0, 0.05) is 24.1 Å². The van der Waals surface area contributed by atoms with E-state index in [1.807, 2.05) is 6.92 Å². The highest BCUT2D eigenvalue weighted by atomic mass is 19.1. The van der Waals surface area contributed by atoms with E-state index in [1.54, 1.807) is 0 Å². The number of hydrogen-bond donors (Lipinski definition) is 2. The first kappa shape index (κ1) is 11.7. The number of H-pyrrole nitrogens is 1. The molecule has 1 atom stereocenters. The third-order valence-corrected chi connectivity index (χ3v) is 2.64. The van der Waals surface area contributed by atoms with Crippen molar-refractivity contribution < 1.29 is 8.78 Å². The molecule has 0 fully saturated rings. The van der Waals surface area contributed by atoms with Crippen molar-refractivity contribution >= 4 is 0 Å². The molecule has 0 saturated heterocycles. The summed E-state index contributed by atoms with van der Waals surface area (Å²) in [5, 5.41) is 0. The lowest BCUT2D eigenvalue weighted by atomic mass is 10.1. The maximum absolute atomic E-state index is 13.5. The van der Waals surface area contributed by atoms with Crippen LogP contribution in [0.25, 0.3) is 11.3 Å². The molecule has 1 unspecified atom stereocenters. The van der Waals surface area contributed by atoms with Gasteiger partial charge in [-0.3, -0.25) is 0 Å². The van der Waals surface area contributed by atoms with Crippen LogP contribution >= 0.6 is 0 Å². The lowest BCUT2D eigenvalue weighted by Gasteiger charge is -2.03. The first-order valence-electron chi connectivity index (χ1n) is 5.32. The van der Waals surface area contributed by atoms with Crippen LogP contribution in [0.15, 0.2) is 24.4 Å². The molecular formula is C12H13F2N3. The monoisotopic (exact) mass is 237 g/mol. The molecule has 90 valence electrons. The second-order valence-corrected chi connectivity index (χ2v) is 3.94. The second kappa shape index (κ2) is 4.63. The number of rotatable bonds is 3. The number of hydrogen-bond acceptors (Lipinski definition) is 2. The molecule has 2 aromatic rings. The molecule has 1 heterocycles. The maximum atomic E-state index is 13.5. The maximum Gasteiger partial charge on any atom is 0.135 e. The van der Waals surface area contributed by atoms with E-state index < -0.39 is 11.6 Å². The van der Waals surface area contributed by atoms with Gasteiger partial charge >= 0.3 is 0 Å². The van der Waals surface area contributed by atoms with Gasteiger partial charge in [0.15, 0.2) is 0 Å². The number of halogens is 2. The van der Waals surface area contributed by atoms with Crippen molar-refractivity contribution in [3.63, 3.8) is 0 Å². The van der Waals surface area contributed by atoms with Crippen molar-refractivity contribution in [2.24, 2.45) is 5.73 Å². The molecule has 3 nitrogen and oxygen atoms in total. The van der Waals surface area contributed by atoms with E-state index in [0.717, 1.165) is 6.07 Å². The third-order valence-electron chi connectivity index (χ3n) is 2.64. The Morgan fingerprint density at radius 3 is 2.82 bits per heavy atom. The minimum absolute atomic E-state index is 0.0762. The molecule has 17 heavy (non-hydrogen) atoms. The summed E-state index contributed by atoms with van der Waals surface area (Å²) >= 11 is 0. The first-order valence-corrected chi connectivity index (χ1v) is 5.32. The summed E-state index contributed by atoms with van der Waals surface area (Å²) < 4.78 is 26.3. The second-order valence-electron chi connectivity index (χ2n) is 3.94. The van der Waals surface area contributed by atoms with E-state index in [1.165, 1.54) is 18.3 Å². The lowest BCUT2D eigenvalue weighted by molar-refractivity contribution is 0.585. The Kier molecular flexibility index (Phi) is 3.19. The molecule has 1 aromatic heterocycles. The Labute approximate surface area is 97.7 Å². The average molecular weight is 237 g/mol. The van der Waals surface area contributed by atoms with Crippen LogP contribution in [0, 0.1) is 11.6 Å². The van der Waals surface area contributed by atoms with E-state index in [9.17, 15) is 8.78 Å². The predicted octanol–water partition coefficient (Wildman–Crippen LogP) is 2.42. The molecule has 0 spiro atoms. The van der Waals surface area contributed by atoms with Crippen LogP contribution in [0.5, 0.6) is 0 Å². The van der Waals surface area contributed by atoms with Gasteiger partial charge < -0.3 is 10.7 Å². The summed E-state index contributed by atoms with van der Waals surface area (Å²) in [6.07, 6.45) is 1.53. The summed E-state index contributed by atoms with van der Waals surface area (Å²) in [4.78, 5) is 7.12. The standard InChI is InChI=1S/C12H13F2N3/c1-7(5-15)12-16-6-11(17-12)9-3-2-8(13)4-10(9)14/h2-4,6-7H,5,15H2,1H3,(H,16,17). The van der Waals surface area contributed by atoms with Crippen molar-refractivity contribution in [1.29, 1.82) is 0 Å². The number of aromatic nitrogens is 2. The highest BCUT2D eigenvalue weighted by Gasteiger charge is 2.12. The highest BCUT2D eigenvalue weighted by molar-refractivity contribution is 5.59. The number of benzene rings is 1. The molecule has 5 heteroatoms. The molecule has 2 rings (SSSR count). The Morgan fingerprint density at radius 1 is 1.41 bits per heavy atom. The van der Waals surface area contributed by atoms with Crippen molar-refractivity contribution in [3.8, 4) is 11.3 Å². The molecule has 3 N–H and O–H groups in total. The van der Waals surface area contributed by atoms with Crippen molar-refractivity contribution in [2.45, 2.75) is 12.8 Å². The van der Waals surface area contributed by atoms with Gasteiger partial charge in [-0.05, 0) is 12.1 Å². The van der Waals surface area contributed by atoms with Gasteiger partial charge in [-0.25, -0.2) is 13.8 Å². The fourth-order valence-corrected chi connectivity index (χ4v) is 1.54. The first-order chi connectivity index (χ1) is 8.11. The Balaban J connectivity index is 2.37. The largest absolute Gasteiger partial charge is 0.342 e. The van der Waals surface area contributed by atoms with Crippen LogP contribution in [-0.2, 0) is 0 Å². The van der Waals surface area contributed by atoms with E-state index in [0.29, 0.717) is 23.6 Å². The van der Waals surface area contributed by atoms with Gasteiger partial charge in [-0.15, -0.1) is 0 Å². The minimum Gasteiger partial charge on any atom is -0.342 e. The van der Waals surface area contributed by atoms with Gasteiger partial charge in [0.05, 0.1) is 11.9 Å². The molecular weight excluding hydrogens is 224 g/mol. The van der Waals surface area contributed by atoms with E-state index in [4.69, 9.17) is 5.73 Å². The van der Waals surface area contributed by atoms with Crippen LogP contribution in [0.1, 0.15) is 18.7 Å². The quantitative estimate of drug-likeness (QED) is 0.861. The van der Waals surface area contributed by atoms with Crippen LogP contribution in [0.2, 0.25) is 0 Å². The van der Waals surface area contributed by atoms with Crippen molar-refractivity contribution in [1.82, 2.24) is 9.97 Å².